The molecule has 0 amide bonds. The predicted octanol–water partition coefficient (Wildman–Crippen LogP) is 6.08. The van der Waals surface area contributed by atoms with Crippen molar-refractivity contribution in [1.82, 2.24) is 19.4 Å². The molecule has 4 aromatic rings. The van der Waals surface area contributed by atoms with Crippen molar-refractivity contribution in [3.63, 3.8) is 0 Å². The Morgan fingerprint density at radius 1 is 0.975 bits per heavy atom. The van der Waals surface area contributed by atoms with E-state index in [-0.39, 0.29) is 0 Å². The van der Waals surface area contributed by atoms with Gasteiger partial charge in [-0.05, 0) is 65.7 Å². The Morgan fingerprint density at radius 2 is 1.75 bits per heavy atom. The maximum Gasteiger partial charge on any atom is 0.146 e. The minimum atomic E-state index is -0.856. The fourth-order valence-electron chi connectivity index (χ4n) is 6.41. The second-order valence-corrected chi connectivity index (χ2v) is 14.9. The van der Waals surface area contributed by atoms with Gasteiger partial charge >= 0.3 is 0 Å². The Labute approximate surface area is 236 Å². The second-order valence-electron chi connectivity index (χ2n) is 11.6. The second kappa shape index (κ2) is 9.68. The smallest absolute Gasteiger partial charge is 0.146 e. The fourth-order valence-corrected chi connectivity index (χ4v) is 7.91. The predicted molar refractivity (Wildman–Crippen MR) is 174 cm³/mol. The molecule has 1 saturated carbocycles. The summed E-state index contributed by atoms with van der Waals surface area (Å²) in [6, 6.07) is 17.3. The van der Waals surface area contributed by atoms with Crippen molar-refractivity contribution in [2.45, 2.75) is 18.9 Å². The molecule has 0 atom stereocenters. The van der Waals surface area contributed by atoms with Gasteiger partial charge in [0.15, 0.2) is 0 Å². The van der Waals surface area contributed by atoms with Crippen molar-refractivity contribution in [3.05, 3.63) is 85.0 Å². The number of nitrogens with zero attached hydrogens (tertiary/aromatic N) is 5. The number of nitrogen functional groups attached to an aromatic ring is 1. The number of anilines is 2. The molecule has 7 rings (SSSR count). The van der Waals surface area contributed by atoms with Crippen LogP contribution in [0.15, 0.2) is 73.8 Å². The summed E-state index contributed by atoms with van der Waals surface area (Å²) >= 11 is 0. The first kappa shape index (κ1) is 25.2. The molecular weight excluding hydrogens is 512 g/mol. The van der Waals surface area contributed by atoms with Crippen LogP contribution in [0.3, 0.4) is 0 Å². The number of aromatic nitrogens is 3. The maximum atomic E-state index is 6.49. The number of fused-ring (bicyclic) bond motifs is 2. The number of hydrogen-bond acceptors (Lipinski definition) is 5. The van der Waals surface area contributed by atoms with E-state index >= 15 is 0 Å². The minimum Gasteiger partial charge on any atom is -0.383 e. The van der Waals surface area contributed by atoms with E-state index in [1.54, 1.807) is 6.33 Å². The molecule has 1 aliphatic carbocycles. The van der Waals surface area contributed by atoms with Crippen LogP contribution in [0.5, 0.6) is 0 Å². The lowest BCUT2D eigenvalue weighted by molar-refractivity contribution is 0.137. The molecule has 2 N–H and O–H groups in total. The van der Waals surface area contributed by atoms with Crippen LogP contribution < -0.4 is 10.6 Å². The SMILES string of the molecule is C=C1c2cc(-c3cn(C4CC(CN5CCS(=C)(=C)CC5)C4)c4ncnc(N)c34)ccc2C=CN1c1ccccc1. The maximum absolute atomic E-state index is 6.49. The van der Waals surface area contributed by atoms with Crippen molar-refractivity contribution < 1.29 is 0 Å². The molecule has 4 heterocycles. The third-order valence-electron chi connectivity index (χ3n) is 8.84. The van der Waals surface area contributed by atoms with Crippen molar-refractivity contribution in [2.75, 3.05) is 41.8 Å². The Balaban J connectivity index is 1.17. The van der Waals surface area contributed by atoms with Crippen LogP contribution in [0, 0.1) is 5.92 Å². The van der Waals surface area contributed by atoms with Gasteiger partial charge in [0.2, 0.25) is 0 Å². The van der Waals surface area contributed by atoms with Crippen LogP contribution in [0.2, 0.25) is 0 Å². The van der Waals surface area contributed by atoms with Crippen molar-refractivity contribution in [3.8, 4) is 11.1 Å². The zero-order valence-electron chi connectivity index (χ0n) is 22.9. The van der Waals surface area contributed by atoms with Gasteiger partial charge in [0.25, 0.3) is 0 Å². The number of nitrogens with two attached hydrogens (primary N) is 1. The molecule has 7 heteroatoms. The van der Waals surface area contributed by atoms with Crippen molar-refractivity contribution >= 4 is 55.3 Å². The summed E-state index contributed by atoms with van der Waals surface area (Å²) in [5, 5.41) is 0.934. The van der Waals surface area contributed by atoms with E-state index in [1.807, 2.05) is 18.2 Å². The number of hydrogen-bond donors (Lipinski definition) is 1. The van der Waals surface area contributed by atoms with Gasteiger partial charge in [-0.2, -0.15) is 0 Å². The monoisotopic (exact) mass is 548 g/mol. The summed E-state index contributed by atoms with van der Waals surface area (Å²) in [5.41, 5.74) is 13.9. The molecule has 2 aromatic carbocycles. The van der Waals surface area contributed by atoms with Crippen LogP contribution in [0.25, 0.3) is 33.9 Å². The Hall–Kier alpha value is -3.81. The van der Waals surface area contributed by atoms with Gasteiger partial charge in [-0.3, -0.25) is 0 Å². The highest BCUT2D eigenvalue weighted by molar-refractivity contribution is 8.27. The van der Waals surface area contributed by atoms with Gasteiger partial charge < -0.3 is 20.1 Å². The molecule has 1 saturated heterocycles. The number of benzene rings is 2. The number of para-hydroxylation sites is 1. The Kier molecular flexibility index (Phi) is 6.09. The standard InChI is InChI=1S/C33H36N6S/c1-23-29-19-26(10-9-25(29)11-12-38(23)27-7-5-4-6-8-27)30-21-39(33-31(30)32(34)35-22-36-33)28-17-24(18-28)20-37-13-15-40(2,3)16-14-37/h4-12,19,21-22,24,28H,1-3,13-18,20H2,(H2,34,35,36). The third-order valence-corrected chi connectivity index (χ3v) is 10.9. The molecule has 2 aliphatic heterocycles. The molecule has 204 valence electrons. The van der Waals surface area contributed by atoms with Crippen LogP contribution in [-0.4, -0.2) is 62.3 Å². The number of rotatable bonds is 5. The molecule has 40 heavy (non-hydrogen) atoms. The highest BCUT2D eigenvalue weighted by Gasteiger charge is 2.34. The zero-order valence-corrected chi connectivity index (χ0v) is 23.7. The van der Waals surface area contributed by atoms with E-state index in [0.717, 1.165) is 82.1 Å². The van der Waals surface area contributed by atoms with E-state index < -0.39 is 9.21 Å². The quantitative estimate of drug-likeness (QED) is 0.307. The van der Waals surface area contributed by atoms with Crippen LogP contribution >= 0.6 is 9.21 Å². The topological polar surface area (TPSA) is 63.2 Å². The average molecular weight is 549 g/mol. The molecule has 2 aromatic heterocycles. The average Bonchev–Trinajstić information content (AvgIpc) is 3.32. The van der Waals surface area contributed by atoms with Gasteiger partial charge in [-0.1, -0.05) is 48.7 Å². The van der Waals surface area contributed by atoms with E-state index in [1.165, 1.54) is 6.54 Å². The van der Waals surface area contributed by atoms with E-state index in [2.05, 4.69) is 86.5 Å². The van der Waals surface area contributed by atoms with Gasteiger partial charge in [0.1, 0.15) is 17.8 Å². The van der Waals surface area contributed by atoms with Crippen LogP contribution in [-0.2, 0) is 0 Å². The molecule has 2 fully saturated rings. The van der Waals surface area contributed by atoms with Crippen LogP contribution in [0.1, 0.15) is 30.0 Å². The summed E-state index contributed by atoms with van der Waals surface area (Å²) in [6.45, 7) is 7.92. The zero-order chi connectivity index (χ0) is 27.4. The largest absolute Gasteiger partial charge is 0.383 e. The van der Waals surface area contributed by atoms with Gasteiger partial charge in [-0.25, -0.2) is 19.2 Å². The van der Waals surface area contributed by atoms with Gasteiger partial charge in [0.05, 0.1) is 5.39 Å². The molecule has 0 unspecified atom stereocenters. The lowest BCUT2D eigenvalue weighted by Gasteiger charge is -2.41. The Bertz CT molecular complexity index is 1730. The highest BCUT2D eigenvalue weighted by atomic mass is 32.2. The highest BCUT2D eigenvalue weighted by Crippen LogP contribution is 2.44. The minimum absolute atomic E-state index is 0.426. The lowest BCUT2D eigenvalue weighted by atomic mass is 9.79. The van der Waals surface area contributed by atoms with E-state index in [0.29, 0.717) is 17.8 Å². The van der Waals surface area contributed by atoms with E-state index in [4.69, 9.17) is 10.7 Å². The molecule has 3 aliphatic rings. The fraction of sp³-hybridized carbons (Fsp3) is 0.273. The molecule has 0 bridgehead atoms. The summed E-state index contributed by atoms with van der Waals surface area (Å²) in [7, 11) is -0.856. The van der Waals surface area contributed by atoms with Crippen LogP contribution in [0.4, 0.5) is 11.5 Å². The molecule has 6 nitrogen and oxygen atoms in total. The summed E-state index contributed by atoms with van der Waals surface area (Å²) in [5.74, 6) is 12.3. The van der Waals surface area contributed by atoms with Crippen molar-refractivity contribution in [1.29, 1.82) is 0 Å². The first-order valence-corrected chi connectivity index (χ1v) is 16.3. The van der Waals surface area contributed by atoms with E-state index in [9.17, 15) is 0 Å². The van der Waals surface area contributed by atoms with Gasteiger partial charge in [0, 0.05) is 60.6 Å². The normalized spacial score (nSPS) is 22.3. The third kappa shape index (κ3) is 4.43. The van der Waals surface area contributed by atoms with Crippen molar-refractivity contribution in [2.24, 2.45) is 5.92 Å². The molecular formula is C33H36N6S. The first-order chi connectivity index (χ1) is 19.4. The lowest BCUT2D eigenvalue weighted by Crippen LogP contribution is -2.41. The summed E-state index contributed by atoms with van der Waals surface area (Å²) < 4.78 is 2.35. The molecule has 0 spiro atoms. The Morgan fingerprint density at radius 3 is 2.52 bits per heavy atom. The first-order valence-electron chi connectivity index (χ1n) is 14.0. The summed E-state index contributed by atoms with van der Waals surface area (Å²) in [6.07, 6.45) is 10.4. The van der Waals surface area contributed by atoms with Gasteiger partial charge in [-0.15, -0.1) is 0 Å². The summed E-state index contributed by atoms with van der Waals surface area (Å²) in [4.78, 5) is 13.8. The molecule has 0 radical (unpaired) electrons.